The number of carboxylic acids is 1. The van der Waals surface area contributed by atoms with Gasteiger partial charge in [-0.2, -0.15) is 0 Å². The Morgan fingerprint density at radius 2 is 1.88 bits per heavy atom. The zero-order valence-electron chi connectivity index (χ0n) is 8.85. The second kappa shape index (κ2) is 3.24. The number of sulfone groups is 1. The lowest BCUT2D eigenvalue weighted by atomic mass is 9.98. The van der Waals surface area contributed by atoms with Gasteiger partial charge in [0, 0.05) is 0 Å². The average molecular weight is 391 g/mol. The van der Waals surface area contributed by atoms with Gasteiger partial charge in [0.25, 0.3) is 5.91 Å². The molecular formula is C8H9Br2NO5S. The number of nitrogens with zero attached hydrogens (tertiary/aromatic N) is 1. The van der Waals surface area contributed by atoms with Gasteiger partial charge in [-0.05, 0) is 13.8 Å². The SMILES string of the molecule is CC1(C)[C@H](C(=O)O)N2C(=O)C(Br)(Br)[C@@H]2S1(=O)=O. The second-order valence-electron chi connectivity index (χ2n) is 4.58. The van der Waals surface area contributed by atoms with Crippen LogP contribution in [-0.4, -0.2) is 49.7 Å². The average Bonchev–Trinajstić information content (AvgIpc) is 2.29. The highest BCUT2D eigenvalue weighted by Crippen LogP contribution is 2.56. The molecule has 0 radical (unpaired) electrons. The van der Waals surface area contributed by atoms with Crippen molar-refractivity contribution in [1.29, 1.82) is 0 Å². The molecule has 0 aliphatic carbocycles. The van der Waals surface area contributed by atoms with E-state index in [1.165, 1.54) is 13.8 Å². The van der Waals surface area contributed by atoms with E-state index in [1.807, 2.05) is 0 Å². The number of alkyl halides is 2. The van der Waals surface area contributed by atoms with Crippen LogP contribution in [0.2, 0.25) is 0 Å². The number of carbonyl (C=O) groups is 2. The third-order valence-electron chi connectivity index (χ3n) is 3.28. The fourth-order valence-electron chi connectivity index (χ4n) is 2.28. The summed E-state index contributed by atoms with van der Waals surface area (Å²) in [5.41, 5.74) is 0. The zero-order chi connectivity index (χ0) is 13.4. The molecule has 0 aromatic carbocycles. The highest BCUT2D eigenvalue weighted by molar-refractivity contribution is 9.26. The van der Waals surface area contributed by atoms with E-state index in [1.54, 1.807) is 0 Å². The lowest BCUT2D eigenvalue weighted by molar-refractivity contribution is -0.157. The highest BCUT2D eigenvalue weighted by Gasteiger charge is 2.77. The number of aliphatic carboxylic acids is 1. The molecule has 0 spiro atoms. The Morgan fingerprint density at radius 1 is 1.41 bits per heavy atom. The van der Waals surface area contributed by atoms with Gasteiger partial charge in [-0.1, -0.05) is 31.9 Å². The largest absolute Gasteiger partial charge is 0.480 e. The molecule has 9 heteroatoms. The summed E-state index contributed by atoms with van der Waals surface area (Å²) < 4.78 is 21.6. The number of carboxylic acid groups (broad SMARTS) is 1. The van der Waals surface area contributed by atoms with Crippen LogP contribution in [-0.2, 0) is 19.4 Å². The van der Waals surface area contributed by atoms with Gasteiger partial charge in [0.2, 0.25) is 0 Å². The van der Waals surface area contributed by atoms with E-state index in [2.05, 4.69) is 31.9 Å². The Kier molecular flexibility index (Phi) is 2.53. The van der Waals surface area contributed by atoms with Crippen LogP contribution in [0.25, 0.3) is 0 Å². The Hall–Kier alpha value is -0.150. The van der Waals surface area contributed by atoms with Crippen LogP contribution in [0.1, 0.15) is 13.8 Å². The summed E-state index contributed by atoms with van der Waals surface area (Å²) in [7, 11) is -3.77. The van der Waals surface area contributed by atoms with Gasteiger partial charge in [-0.3, -0.25) is 4.79 Å². The highest BCUT2D eigenvalue weighted by atomic mass is 79.9. The number of hydrogen-bond acceptors (Lipinski definition) is 4. The number of fused-ring (bicyclic) bond motifs is 1. The molecule has 17 heavy (non-hydrogen) atoms. The quantitative estimate of drug-likeness (QED) is 0.513. The molecule has 2 saturated heterocycles. The molecule has 0 saturated carbocycles. The predicted molar refractivity (Wildman–Crippen MR) is 65.6 cm³/mol. The zero-order valence-corrected chi connectivity index (χ0v) is 12.8. The van der Waals surface area contributed by atoms with Gasteiger partial charge in [0.15, 0.2) is 18.4 Å². The molecule has 1 N–H and O–H groups in total. The maximum Gasteiger partial charge on any atom is 0.328 e. The number of rotatable bonds is 1. The summed E-state index contributed by atoms with van der Waals surface area (Å²) in [5, 5.41) is 7.92. The summed E-state index contributed by atoms with van der Waals surface area (Å²) in [6.07, 6.45) is 0. The Morgan fingerprint density at radius 3 is 2.29 bits per heavy atom. The van der Waals surface area contributed by atoms with Gasteiger partial charge >= 0.3 is 5.97 Å². The standard InChI is InChI=1S/C8H9Br2NO5S/c1-7(2)3(4(12)13)11-5(14)8(9,10)6(11)17(7,15)16/h3,6H,1-2H3,(H,12,13)/t3-,6-/m0/s1. The van der Waals surface area contributed by atoms with Crippen molar-refractivity contribution in [2.24, 2.45) is 0 Å². The van der Waals surface area contributed by atoms with E-state index in [0.29, 0.717) is 0 Å². The molecule has 6 nitrogen and oxygen atoms in total. The first-order valence-electron chi connectivity index (χ1n) is 4.64. The van der Waals surface area contributed by atoms with Crippen LogP contribution in [0.5, 0.6) is 0 Å². The normalized spacial score (nSPS) is 36.2. The van der Waals surface area contributed by atoms with Crippen LogP contribution in [0.4, 0.5) is 0 Å². The summed E-state index contributed by atoms with van der Waals surface area (Å²) >= 11 is 5.99. The third kappa shape index (κ3) is 1.27. The fourth-order valence-corrected chi connectivity index (χ4v) is 6.72. The first-order valence-corrected chi connectivity index (χ1v) is 7.77. The molecule has 0 aromatic heterocycles. The summed E-state index contributed by atoms with van der Waals surface area (Å²) in [4.78, 5) is 23.8. The van der Waals surface area contributed by atoms with E-state index in [9.17, 15) is 18.0 Å². The topological polar surface area (TPSA) is 91.8 Å². The van der Waals surface area contributed by atoms with Crippen LogP contribution < -0.4 is 0 Å². The monoisotopic (exact) mass is 389 g/mol. The van der Waals surface area contributed by atoms with Crippen LogP contribution in [0.3, 0.4) is 0 Å². The van der Waals surface area contributed by atoms with Gasteiger partial charge in [-0.15, -0.1) is 0 Å². The minimum absolute atomic E-state index is 0.580. The van der Waals surface area contributed by atoms with Crippen molar-refractivity contribution in [3.05, 3.63) is 0 Å². The molecular weight excluding hydrogens is 382 g/mol. The summed E-state index contributed by atoms with van der Waals surface area (Å²) in [6.45, 7) is 2.64. The minimum atomic E-state index is -3.77. The maximum atomic E-state index is 12.2. The molecule has 0 aromatic rings. The molecule has 2 fully saturated rings. The molecule has 96 valence electrons. The Balaban J connectivity index is 2.65. The van der Waals surface area contributed by atoms with E-state index in [-0.39, 0.29) is 0 Å². The van der Waals surface area contributed by atoms with Crippen LogP contribution in [0, 0.1) is 0 Å². The molecule has 0 unspecified atom stereocenters. The molecule has 1 amide bonds. The van der Waals surface area contributed by atoms with E-state index >= 15 is 0 Å². The van der Waals surface area contributed by atoms with Crippen molar-refractivity contribution in [2.75, 3.05) is 0 Å². The predicted octanol–water partition coefficient (Wildman–Crippen LogP) is 0.301. The van der Waals surface area contributed by atoms with Crippen molar-refractivity contribution >= 4 is 53.6 Å². The summed E-state index contributed by atoms with van der Waals surface area (Å²) in [6, 6.07) is -1.35. The smallest absolute Gasteiger partial charge is 0.328 e. The Bertz CT molecular complexity index is 526. The number of carbonyl (C=O) groups excluding carboxylic acids is 1. The van der Waals surface area contributed by atoms with Crippen LogP contribution in [0.15, 0.2) is 0 Å². The number of amides is 1. The van der Waals surface area contributed by atoms with E-state index in [4.69, 9.17) is 5.11 Å². The van der Waals surface area contributed by atoms with E-state index in [0.717, 1.165) is 4.90 Å². The number of β-lactam (4-membered cyclic amide) rings is 1. The van der Waals surface area contributed by atoms with Gasteiger partial charge in [0.1, 0.15) is 10.8 Å². The van der Waals surface area contributed by atoms with Gasteiger partial charge in [-0.25, -0.2) is 13.2 Å². The van der Waals surface area contributed by atoms with Crippen molar-refractivity contribution in [2.45, 2.75) is 33.2 Å². The number of halogens is 2. The second-order valence-corrected chi connectivity index (χ2v) is 10.7. The number of hydrogen-bond donors (Lipinski definition) is 1. The summed E-state index contributed by atoms with van der Waals surface area (Å²) in [5.74, 6) is -1.89. The van der Waals surface area contributed by atoms with Crippen molar-refractivity contribution in [1.82, 2.24) is 4.90 Å². The maximum absolute atomic E-state index is 12.2. The van der Waals surface area contributed by atoms with E-state index < -0.39 is 41.1 Å². The molecule has 0 bridgehead atoms. The first-order chi connectivity index (χ1) is 7.47. The Labute approximate surface area is 115 Å². The molecule has 2 atom stereocenters. The first kappa shape index (κ1) is 13.3. The fraction of sp³-hybridized carbons (Fsp3) is 0.750. The molecule has 2 rings (SSSR count). The lowest BCUT2D eigenvalue weighted by Gasteiger charge is -2.45. The lowest BCUT2D eigenvalue weighted by Crippen LogP contribution is -2.69. The van der Waals surface area contributed by atoms with Gasteiger partial charge in [0.05, 0.1) is 0 Å². The van der Waals surface area contributed by atoms with Crippen LogP contribution >= 0.6 is 31.9 Å². The van der Waals surface area contributed by atoms with Crippen molar-refractivity contribution < 1.29 is 23.1 Å². The van der Waals surface area contributed by atoms with Gasteiger partial charge < -0.3 is 10.0 Å². The molecule has 2 heterocycles. The minimum Gasteiger partial charge on any atom is -0.480 e. The van der Waals surface area contributed by atoms with Crippen molar-refractivity contribution in [3.8, 4) is 0 Å². The molecule has 2 aliphatic heterocycles. The van der Waals surface area contributed by atoms with Crippen molar-refractivity contribution in [3.63, 3.8) is 0 Å². The molecule has 2 aliphatic rings. The third-order valence-corrected chi connectivity index (χ3v) is 8.29.